The average Bonchev–Trinajstić information content (AvgIpc) is 2.81. The standard InChI is InChI=1S/C15H16N4/c16-19-12-18-11-5-10-14(15(18)17-19)9-4-8-13-6-2-1-3-7-13/h1-7,9-11H,8,12,16H2/b9-4+. The Balaban J connectivity index is 1.71. The summed E-state index contributed by atoms with van der Waals surface area (Å²) in [6, 6.07) is 10.4. The number of nitrogens with zero attached hydrogens (tertiary/aromatic N) is 3. The fourth-order valence-corrected chi connectivity index (χ4v) is 2.17. The van der Waals surface area contributed by atoms with Crippen molar-refractivity contribution in [3.8, 4) is 0 Å². The lowest BCUT2D eigenvalue weighted by Gasteiger charge is -2.17. The molecule has 2 aliphatic heterocycles. The highest BCUT2D eigenvalue weighted by Gasteiger charge is 2.22. The number of hydrazone groups is 1. The van der Waals surface area contributed by atoms with Gasteiger partial charge in [-0.05, 0) is 24.1 Å². The predicted octanol–water partition coefficient (Wildman–Crippen LogP) is 2.00. The van der Waals surface area contributed by atoms with Crippen LogP contribution < -0.4 is 5.84 Å². The third-order valence-electron chi connectivity index (χ3n) is 3.09. The van der Waals surface area contributed by atoms with E-state index in [1.54, 1.807) is 0 Å². The molecule has 0 saturated carbocycles. The van der Waals surface area contributed by atoms with Gasteiger partial charge in [0.05, 0.1) is 0 Å². The van der Waals surface area contributed by atoms with E-state index in [1.807, 2.05) is 23.2 Å². The second-order valence-corrected chi connectivity index (χ2v) is 4.53. The van der Waals surface area contributed by atoms with Crippen molar-refractivity contribution in [3.05, 3.63) is 72.0 Å². The lowest BCUT2D eigenvalue weighted by atomic mass is 10.1. The van der Waals surface area contributed by atoms with Gasteiger partial charge in [0.15, 0.2) is 5.84 Å². The monoisotopic (exact) mass is 252 g/mol. The summed E-state index contributed by atoms with van der Waals surface area (Å²) in [5.41, 5.74) is 2.39. The van der Waals surface area contributed by atoms with Gasteiger partial charge in [-0.1, -0.05) is 42.5 Å². The summed E-state index contributed by atoms with van der Waals surface area (Å²) in [6.45, 7) is 0.607. The predicted molar refractivity (Wildman–Crippen MR) is 76.7 cm³/mol. The minimum atomic E-state index is 0.607. The van der Waals surface area contributed by atoms with Crippen LogP contribution in [0.3, 0.4) is 0 Å². The Hall–Kier alpha value is -2.33. The third-order valence-corrected chi connectivity index (χ3v) is 3.09. The molecular weight excluding hydrogens is 236 g/mol. The molecule has 2 N–H and O–H groups in total. The lowest BCUT2D eigenvalue weighted by molar-refractivity contribution is 0.271. The maximum atomic E-state index is 5.70. The maximum absolute atomic E-state index is 5.70. The Morgan fingerprint density at radius 1 is 1.26 bits per heavy atom. The second kappa shape index (κ2) is 5.12. The molecule has 0 radical (unpaired) electrons. The fraction of sp³-hybridized carbons (Fsp3) is 0.133. The topological polar surface area (TPSA) is 44.9 Å². The van der Waals surface area contributed by atoms with E-state index in [0.717, 1.165) is 17.8 Å². The third kappa shape index (κ3) is 2.58. The van der Waals surface area contributed by atoms with Gasteiger partial charge >= 0.3 is 0 Å². The summed E-state index contributed by atoms with van der Waals surface area (Å²) >= 11 is 0. The number of rotatable bonds is 3. The maximum Gasteiger partial charge on any atom is 0.163 e. The van der Waals surface area contributed by atoms with Gasteiger partial charge in [0.1, 0.15) is 6.67 Å². The van der Waals surface area contributed by atoms with E-state index in [4.69, 9.17) is 5.84 Å². The van der Waals surface area contributed by atoms with Gasteiger partial charge in [-0.15, -0.1) is 5.10 Å². The van der Waals surface area contributed by atoms with Crippen LogP contribution in [0.1, 0.15) is 5.56 Å². The van der Waals surface area contributed by atoms with Crippen molar-refractivity contribution in [1.29, 1.82) is 0 Å². The Morgan fingerprint density at radius 3 is 2.95 bits per heavy atom. The number of hydrogen-bond acceptors (Lipinski definition) is 4. The van der Waals surface area contributed by atoms with Crippen molar-refractivity contribution >= 4 is 5.84 Å². The molecule has 2 heterocycles. The minimum Gasteiger partial charge on any atom is -0.310 e. The molecule has 1 aromatic carbocycles. The van der Waals surface area contributed by atoms with Gasteiger partial charge in [-0.3, -0.25) is 0 Å². The molecule has 0 spiro atoms. The first kappa shape index (κ1) is 11.7. The summed E-state index contributed by atoms with van der Waals surface area (Å²) in [4.78, 5) is 2.03. The van der Waals surface area contributed by atoms with Crippen LogP contribution >= 0.6 is 0 Å². The molecule has 0 bridgehead atoms. The van der Waals surface area contributed by atoms with Crippen LogP contribution in [-0.2, 0) is 6.42 Å². The number of benzene rings is 1. The normalized spacial score (nSPS) is 17.7. The van der Waals surface area contributed by atoms with E-state index in [0.29, 0.717) is 6.67 Å². The number of hydrogen-bond donors (Lipinski definition) is 1. The average molecular weight is 252 g/mol. The molecule has 0 atom stereocenters. The Labute approximate surface area is 112 Å². The van der Waals surface area contributed by atoms with Crippen LogP contribution in [-0.4, -0.2) is 22.5 Å². The zero-order valence-corrected chi connectivity index (χ0v) is 10.6. The quantitative estimate of drug-likeness (QED) is 0.837. The van der Waals surface area contributed by atoms with Crippen molar-refractivity contribution in [2.24, 2.45) is 10.9 Å². The minimum absolute atomic E-state index is 0.607. The number of allylic oxidation sites excluding steroid dienone is 3. The highest BCUT2D eigenvalue weighted by molar-refractivity contribution is 6.03. The summed E-state index contributed by atoms with van der Waals surface area (Å²) in [5, 5.41) is 5.75. The van der Waals surface area contributed by atoms with Crippen molar-refractivity contribution in [2.45, 2.75) is 6.42 Å². The van der Waals surface area contributed by atoms with E-state index in [-0.39, 0.29) is 0 Å². The first-order chi connectivity index (χ1) is 9.33. The van der Waals surface area contributed by atoms with E-state index in [9.17, 15) is 0 Å². The van der Waals surface area contributed by atoms with Crippen molar-refractivity contribution < 1.29 is 0 Å². The molecule has 96 valence electrons. The Bertz CT molecular complexity index is 569. The summed E-state index contributed by atoms with van der Waals surface area (Å²) in [7, 11) is 0. The van der Waals surface area contributed by atoms with Gasteiger partial charge in [0.25, 0.3) is 0 Å². The van der Waals surface area contributed by atoms with E-state index >= 15 is 0 Å². The highest BCUT2D eigenvalue weighted by Crippen LogP contribution is 2.17. The molecule has 0 aliphatic carbocycles. The number of fused-ring (bicyclic) bond motifs is 1. The van der Waals surface area contributed by atoms with Crippen molar-refractivity contribution in [3.63, 3.8) is 0 Å². The van der Waals surface area contributed by atoms with Crippen LogP contribution in [0.15, 0.2) is 71.5 Å². The van der Waals surface area contributed by atoms with Crippen molar-refractivity contribution in [1.82, 2.24) is 10.0 Å². The molecule has 0 aromatic heterocycles. The molecule has 0 amide bonds. The van der Waals surface area contributed by atoms with Crippen LogP contribution in [0.5, 0.6) is 0 Å². The molecule has 19 heavy (non-hydrogen) atoms. The van der Waals surface area contributed by atoms with Crippen molar-refractivity contribution in [2.75, 3.05) is 6.67 Å². The fourth-order valence-electron chi connectivity index (χ4n) is 2.17. The smallest absolute Gasteiger partial charge is 0.163 e. The molecule has 1 aromatic rings. The number of hydrazine groups is 1. The largest absolute Gasteiger partial charge is 0.310 e. The molecule has 4 nitrogen and oxygen atoms in total. The highest BCUT2D eigenvalue weighted by atomic mass is 15.7. The van der Waals surface area contributed by atoms with Gasteiger partial charge in [0, 0.05) is 11.8 Å². The van der Waals surface area contributed by atoms with E-state index < -0.39 is 0 Å². The number of amidine groups is 1. The molecule has 2 aliphatic rings. The summed E-state index contributed by atoms with van der Waals surface area (Å²) in [5.74, 6) is 6.61. The molecule has 3 rings (SSSR count). The van der Waals surface area contributed by atoms with E-state index in [1.165, 1.54) is 10.7 Å². The molecule has 0 saturated heterocycles. The SMILES string of the molecule is NN1CN2C=CC=C(/C=C/Cc3ccccc3)C2=N1. The number of nitrogens with two attached hydrogens (primary N) is 1. The Morgan fingerprint density at radius 2 is 2.11 bits per heavy atom. The summed E-state index contributed by atoms with van der Waals surface area (Å²) in [6.07, 6.45) is 11.2. The van der Waals surface area contributed by atoms with Gasteiger partial charge < -0.3 is 4.90 Å². The van der Waals surface area contributed by atoms with Crippen LogP contribution in [0.2, 0.25) is 0 Å². The molecule has 0 fully saturated rings. The lowest BCUT2D eigenvalue weighted by Crippen LogP contribution is -2.30. The zero-order chi connectivity index (χ0) is 13.1. The Kier molecular flexibility index (Phi) is 3.16. The van der Waals surface area contributed by atoms with Crippen LogP contribution in [0.4, 0.5) is 0 Å². The van der Waals surface area contributed by atoms with E-state index in [2.05, 4.69) is 47.6 Å². The van der Waals surface area contributed by atoms with Crippen LogP contribution in [0.25, 0.3) is 0 Å². The van der Waals surface area contributed by atoms with Crippen LogP contribution in [0, 0.1) is 0 Å². The summed E-state index contributed by atoms with van der Waals surface area (Å²) < 4.78 is 0. The molecule has 4 heteroatoms. The molecular formula is C15H16N4. The molecule has 0 unspecified atom stereocenters. The van der Waals surface area contributed by atoms with Gasteiger partial charge in [0.2, 0.25) is 0 Å². The van der Waals surface area contributed by atoms with Gasteiger partial charge in [-0.25, -0.2) is 11.0 Å². The zero-order valence-electron chi connectivity index (χ0n) is 10.6. The first-order valence-corrected chi connectivity index (χ1v) is 6.30. The second-order valence-electron chi connectivity index (χ2n) is 4.53. The van der Waals surface area contributed by atoms with Gasteiger partial charge in [-0.2, -0.15) is 0 Å². The first-order valence-electron chi connectivity index (χ1n) is 6.30.